The number of imide groups is 1. The van der Waals surface area contributed by atoms with E-state index in [0.717, 1.165) is 0 Å². The number of urea groups is 1. The van der Waals surface area contributed by atoms with Crippen LogP contribution in [0.1, 0.15) is 17.3 Å². The molecule has 8 nitrogen and oxygen atoms in total. The van der Waals surface area contributed by atoms with E-state index in [1.807, 2.05) is 5.32 Å². The van der Waals surface area contributed by atoms with Crippen molar-refractivity contribution in [1.29, 1.82) is 0 Å². The zero-order valence-corrected chi connectivity index (χ0v) is 12.2. The molecule has 4 N–H and O–H groups in total. The average molecular weight is 309 g/mol. The molecule has 0 aliphatic carbocycles. The highest BCUT2D eigenvalue weighted by Gasteiger charge is 2.15. The number of carbonyl (C=O) groups excluding carboxylic acids is 3. The van der Waals surface area contributed by atoms with E-state index >= 15 is 0 Å². The lowest BCUT2D eigenvalue weighted by molar-refractivity contribution is -0.123. The van der Waals surface area contributed by atoms with Gasteiger partial charge in [0.1, 0.15) is 0 Å². The molecule has 0 fully saturated rings. The van der Waals surface area contributed by atoms with Crippen LogP contribution in [0.5, 0.6) is 0 Å². The topological polar surface area (TPSA) is 117 Å². The van der Waals surface area contributed by atoms with Gasteiger partial charge in [-0.25, -0.2) is 9.59 Å². The SMILES string of the molecule is CCNC(=O)NC(=O)COC(=O)c1ccccc1NCCO. The van der Waals surface area contributed by atoms with Gasteiger partial charge in [-0.3, -0.25) is 10.1 Å². The van der Waals surface area contributed by atoms with Gasteiger partial charge in [-0.15, -0.1) is 0 Å². The second-order valence-corrected chi connectivity index (χ2v) is 4.18. The maximum Gasteiger partial charge on any atom is 0.340 e. The first kappa shape index (κ1) is 17.4. The average Bonchev–Trinajstić information content (AvgIpc) is 2.51. The number of para-hydroxylation sites is 1. The second-order valence-electron chi connectivity index (χ2n) is 4.18. The van der Waals surface area contributed by atoms with E-state index in [-0.39, 0.29) is 18.7 Å². The summed E-state index contributed by atoms with van der Waals surface area (Å²) in [6.07, 6.45) is 0. The van der Waals surface area contributed by atoms with Crippen LogP contribution in [0.4, 0.5) is 10.5 Å². The smallest absolute Gasteiger partial charge is 0.340 e. The highest BCUT2D eigenvalue weighted by Crippen LogP contribution is 2.15. The Balaban J connectivity index is 2.55. The molecule has 8 heteroatoms. The number of ether oxygens (including phenoxy) is 1. The van der Waals surface area contributed by atoms with E-state index < -0.39 is 24.5 Å². The van der Waals surface area contributed by atoms with Crippen molar-refractivity contribution in [3.63, 3.8) is 0 Å². The van der Waals surface area contributed by atoms with E-state index in [1.165, 1.54) is 6.07 Å². The summed E-state index contributed by atoms with van der Waals surface area (Å²) in [6.45, 7) is 1.72. The number of anilines is 1. The number of carbonyl (C=O) groups is 3. The molecule has 1 aromatic carbocycles. The lowest BCUT2D eigenvalue weighted by Gasteiger charge is -2.11. The molecule has 0 aliphatic heterocycles. The maximum atomic E-state index is 11.9. The third-order valence-corrected chi connectivity index (χ3v) is 2.50. The standard InChI is InChI=1S/C14H19N3O5/c1-2-15-14(21)17-12(19)9-22-13(20)10-5-3-4-6-11(10)16-7-8-18/h3-6,16,18H,2,7-9H2,1H3,(H2,15,17,19,21). The van der Waals surface area contributed by atoms with Crippen LogP contribution in [0.25, 0.3) is 0 Å². The number of nitrogens with one attached hydrogen (secondary N) is 3. The van der Waals surface area contributed by atoms with E-state index in [4.69, 9.17) is 9.84 Å². The van der Waals surface area contributed by atoms with Gasteiger partial charge >= 0.3 is 12.0 Å². The molecule has 0 bridgehead atoms. The Hall–Kier alpha value is -2.61. The molecule has 0 saturated carbocycles. The molecule has 3 amide bonds. The number of aliphatic hydroxyl groups excluding tert-OH is 1. The Morgan fingerprint density at radius 2 is 1.95 bits per heavy atom. The lowest BCUT2D eigenvalue weighted by atomic mass is 10.2. The third kappa shape index (κ3) is 5.80. The summed E-state index contributed by atoms with van der Waals surface area (Å²) in [6, 6.07) is 5.91. The van der Waals surface area contributed by atoms with Crippen LogP contribution < -0.4 is 16.0 Å². The first-order valence-corrected chi connectivity index (χ1v) is 6.77. The molecule has 120 valence electrons. The summed E-state index contributed by atoms with van der Waals surface area (Å²) >= 11 is 0. The number of amides is 3. The summed E-state index contributed by atoms with van der Waals surface area (Å²) < 4.78 is 4.86. The monoisotopic (exact) mass is 309 g/mol. The highest BCUT2D eigenvalue weighted by molar-refractivity contribution is 5.99. The molecule has 0 atom stereocenters. The van der Waals surface area contributed by atoms with Crippen LogP contribution >= 0.6 is 0 Å². The van der Waals surface area contributed by atoms with Crippen LogP contribution in [0.15, 0.2) is 24.3 Å². The van der Waals surface area contributed by atoms with Gasteiger partial charge in [-0.2, -0.15) is 0 Å². The second kappa shape index (κ2) is 9.35. The molecule has 0 saturated heterocycles. The molecule has 0 unspecified atom stereocenters. The van der Waals surface area contributed by atoms with Crippen molar-refractivity contribution >= 4 is 23.6 Å². The molecule has 22 heavy (non-hydrogen) atoms. The molecule has 0 aromatic heterocycles. The minimum atomic E-state index is -0.722. The minimum Gasteiger partial charge on any atom is -0.452 e. The summed E-state index contributed by atoms with van der Waals surface area (Å²) in [4.78, 5) is 34.5. The van der Waals surface area contributed by atoms with Crippen LogP contribution in [0.3, 0.4) is 0 Å². The van der Waals surface area contributed by atoms with Crippen molar-refractivity contribution in [3.8, 4) is 0 Å². The largest absolute Gasteiger partial charge is 0.452 e. The molecule has 0 radical (unpaired) electrons. The van der Waals surface area contributed by atoms with Crippen LogP contribution in [0, 0.1) is 0 Å². The molecule has 0 aliphatic rings. The first-order valence-electron chi connectivity index (χ1n) is 6.77. The Morgan fingerprint density at radius 3 is 2.64 bits per heavy atom. The molecular weight excluding hydrogens is 290 g/mol. The Bertz CT molecular complexity index is 533. The summed E-state index contributed by atoms with van der Waals surface area (Å²) in [7, 11) is 0. The van der Waals surface area contributed by atoms with Gasteiger partial charge < -0.3 is 20.5 Å². The van der Waals surface area contributed by atoms with Crippen molar-refractivity contribution in [1.82, 2.24) is 10.6 Å². The van der Waals surface area contributed by atoms with Crippen LogP contribution in [-0.2, 0) is 9.53 Å². The summed E-state index contributed by atoms with van der Waals surface area (Å²) in [5.74, 6) is -1.42. The van der Waals surface area contributed by atoms with E-state index in [2.05, 4.69) is 10.6 Å². The van der Waals surface area contributed by atoms with Crippen molar-refractivity contribution < 1.29 is 24.2 Å². The van der Waals surface area contributed by atoms with Gasteiger partial charge in [-0.05, 0) is 19.1 Å². The fourth-order valence-corrected chi connectivity index (χ4v) is 1.58. The van der Waals surface area contributed by atoms with Gasteiger partial charge in [0.2, 0.25) is 0 Å². The molecule has 0 heterocycles. The van der Waals surface area contributed by atoms with Crippen LogP contribution in [0.2, 0.25) is 0 Å². The zero-order chi connectivity index (χ0) is 16.4. The molecule has 1 rings (SSSR count). The van der Waals surface area contributed by atoms with Crippen molar-refractivity contribution in [2.45, 2.75) is 6.92 Å². The van der Waals surface area contributed by atoms with Gasteiger partial charge in [-0.1, -0.05) is 12.1 Å². The predicted molar refractivity (Wildman–Crippen MR) is 79.5 cm³/mol. The Labute approximate surface area is 127 Å². The predicted octanol–water partition coefficient (Wildman–Crippen LogP) is 0.0933. The van der Waals surface area contributed by atoms with Gasteiger partial charge in [0.25, 0.3) is 5.91 Å². The van der Waals surface area contributed by atoms with Gasteiger partial charge in [0, 0.05) is 18.8 Å². The van der Waals surface area contributed by atoms with Crippen molar-refractivity contribution in [2.75, 3.05) is 31.6 Å². The minimum absolute atomic E-state index is 0.0850. The molecule has 1 aromatic rings. The number of hydrogen-bond acceptors (Lipinski definition) is 6. The Kier molecular flexibility index (Phi) is 7.41. The first-order chi connectivity index (χ1) is 10.6. The summed E-state index contributed by atoms with van der Waals surface area (Å²) in [5.41, 5.74) is 0.729. The summed E-state index contributed by atoms with van der Waals surface area (Å²) in [5, 5.41) is 16.1. The normalized spacial score (nSPS) is 9.73. The van der Waals surface area contributed by atoms with E-state index in [0.29, 0.717) is 12.2 Å². The van der Waals surface area contributed by atoms with Crippen molar-refractivity contribution in [2.24, 2.45) is 0 Å². The maximum absolute atomic E-state index is 11.9. The quantitative estimate of drug-likeness (QED) is 0.531. The van der Waals surface area contributed by atoms with Gasteiger partial charge in [0.15, 0.2) is 6.61 Å². The molecular formula is C14H19N3O5. The number of rotatable bonds is 7. The lowest BCUT2D eigenvalue weighted by Crippen LogP contribution is -2.41. The van der Waals surface area contributed by atoms with Gasteiger partial charge in [0.05, 0.1) is 12.2 Å². The molecule has 0 spiro atoms. The fraction of sp³-hybridized carbons (Fsp3) is 0.357. The number of aliphatic hydroxyl groups is 1. The third-order valence-electron chi connectivity index (χ3n) is 2.50. The number of hydrogen-bond donors (Lipinski definition) is 4. The fourth-order valence-electron chi connectivity index (χ4n) is 1.58. The number of benzene rings is 1. The van der Waals surface area contributed by atoms with Crippen LogP contribution in [-0.4, -0.2) is 49.3 Å². The van der Waals surface area contributed by atoms with Crippen molar-refractivity contribution in [3.05, 3.63) is 29.8 Å². The Morgan fingerprint density at radius 1 is 1.23 bits per heavy atom. The van der Waals surface area contributed by atoms with E-state index in [1.54, 1.807) is 25.1 Å². The highest BCUT2D eigenvalue weighted by atomic mass is 16.5. The zero-order valence-electron chi connectivity index (χ0n) is 12.2. The number of esters is 1. The van der Waals surface area contributed by atoms with E-state index in [9.17, 15) is 14.4 Å².